The first-order valence-electron chi connectivity index (χ1n) is 7.27. The van der Waals surface area contributed by atoms with Gasteiger partial charge in [0.1, 0.15) is 5.75 Å². The predicted octanol–water partition coefficient (Wildman–Crippen LogP) is 4.44. The highest BCUT2D eigenvalue weighted by atomic mass is 79.9. The molecule has 1 aliphatic rings. The molecule has 1 aliphatic carbocycles. The number of amides is 1. The van der Waals surface area contributed by atoms with E-state index in [4.69, 9.17) is 4.74 Å². The quantitative estimate of drug-likeness (QED) is 0.876. The number of carbonyl (C=O) groups excluding carboxylic acids is 1. The van der Waals surface area contributed by atoms with E-state index in [-0.39, 0.29) is 5.91 Å². The van der Waals surface area contributed by atoms with Gasteiger partial charge in [0.15, 0.2) is 0 Å². The van der Waals surface area contributed by atoms with Crippen LogP contribution in [0.15, 0.2) is 46.9 Å². The largest absolute Gasteiger partial charge is 0.495 e. The summed E-state index contributed by atoms with van der Waals surface area (Å²) in [5, 5.41) is 3.04. The molecule has 3 nitrogen and oxygen atoms in total. The van der Waals surface area contributed by atoms with Crippen molar-refractivity contribution in [3.05, 3.63) is 58.1 Å². The molecular formula is C18H18BrNO2. The van der Waals surface area contributed by atoms with E-state index in [0.717, 1.165) is 34.1 Å². The molecule has 0 spiro atoms. The minimum Gasteiger partial charge on any atom is -0.495 e. The molecule has 22 heavy (non-hydrogen) atoms. The van der Waals surface area contributed by atoms with E-state index in [1.807, 2.05) is 49.4 Å². The lowest BCUT2D eigenvalue weighted by atomic mass is 9.95. The number of aryl methyl sites for hydroxylation is 1. The summed E-state index contributed by atoms with van der Waals surface area (Å²) in [6.45, 7) is 2.00. The molecule has 2 aromatic rings. The van der Waals surface area contributed by atoms with Crippen molar-refractivity contribution in [1.29, 1.82) is 0 Å². The van der Waals surface area contributed by atoms with Gasteiger partial charge < -0.3 is 10.1 Å². The maximum Gasteiger partial charge on any atom is 0.235 e. The Morgan fingerprint density at radius 1 is 1.18 bits per heavy atom. The zero-order valence-corrected chi connectivity index (χ0v) is 14.2. The highest BCUT2D eigenvalue weighted by Crippen LogP contribution is 2.49. The molecular weight excluding hydrogens is 342 g/mol. The molecule has 0 bridgehead atoms. The van der Waals surface area contributed by atoms with Gasteiger partial charge in [-0.1, -0.05) is 34.1 Å². The number of anilines is 1. The van der Waals surface area contributed by atoms with Gasteiger partial charge in [0.2, 0.25) is 5.91 Å². The van der Waals surface area contributed by atoms with Crippen LogP contribution in [0.1, 0.15) is 24.0 Å². The van der Waals surface area contributed by atoms with E-state index in [0.29, 0.717) is 5.75 Å². The second-order valence-electron chi connectivity index (χ2n) is 5.75. The van der Waals surface area contributed by atoms with E-state index in [1.165, 1.54) is 0 Å². The first-order valence-corrected chi connectivity index (χ1v) is 8.06. The van der Waals surface area contributed by atoms with Gasteiger partial charge in [0.05, 0.1) is 18.2 Å². The SMILES string of the molecule is COc1ccc(C)cc1NC(=O)C1(c2ccc(Br)cc2)CC1. The van der Waals surface area contributed by atoms with Gasteiger partial charge in [-0.3, -0.25) is 4.79 Å². The third-order valence-corrected chi connectivity index (χ3v) is 4.71. The average molecular weight is 360 g/mol. The zero-order valence-electron chi connectivity index (χ0n) is 12.7. The Hall–Kier alpha value is -1.81. The third kappa shape index (κ3) is 2.75. The number of ether oxygens (including phenoxy) is 1. The topological polar surface area (TPSA) is 38.3 Å². The summed E-state index contributed by atoms with van der Waals surface area (Å²) < 4.78 is 6.36. The Balaban J connectivity index is 1.86. The van der Waals surface area contributed by atoms with Crippen LogP contribution in [-0.2, 0) is 10.2 Å². The molecule has 3 rings (SSSR count). The number of hydrogen-bond donors (Lipinski definition) is 1. The number of methoxy groups -OCH3 is 1. The third-order valence-electron chi connectivity index (χ3n) is 4.18. The van der Waals surface area contributed by atoms with Crippen molar-refractivity contribution in [2.24, 2.45) is 0 Å². The molecule has 0 saturated heterocycles. The zero-order chi connectivity index (χ0) is 15.7. The molecule has 0 unspecified atom stereocenters. The molecule has 0 heterocycles. The predicted molar refractivity (Wildman–Crippen MR) is 91.4 cm³/mol. The van der Waals surface area contributed by atoms with Gasteiger partial charge in [0, 0.05) is 4.47 Å². The summed E-state index contributed by atoms with van der Waals surface area (Å²) in [5.74, 6) is 0.726. The summed E-state index contributed by atoms with van der Waals surface area (Å²) in [4.78, 5) is 12.8. The standard InChI is InChI=1S/C18H18BrNO2/c1-12-3-8-16(22-2)15(11-12)20-17(21)18(9-10-18)13-4-6-14(19)7-5-13/h3-8,11H,9-10H2,1-2H3,(H,20,21). The fourth-order valence-electron chi connectivity index (χ4n) is 2.70. The highest BCUT2D eigenvalue weighted by molar-refractivity contribution is 9.10. The van der Waals surface area contributed by atoms with E-state index >= 15 is 0 Å². The van der Waals surface area contributed by atoms with Gasteiger partial charge in [-0.25, -0.2) is 0 Å². The van der Waals surface area contributed by atoms with Gasteiger partial charge >= 0.3 is 0 Å². The number of halogens is 1. The van der Waals surface area contributed by atoms with Crippen LogP contribution in [0, 0.1) is 6.92 Å². The van der Waals surface area contributed by atoms with Gasteiger partial charge in [-0.2, -0.15) is 0 Å². The second kappa shape index (κ2) is 5.76. The molecule has 0 aliphatic heterocycles. The number of hydrogen-bond acceptors (Lipinski definition) is 2. The second-order valence-corrected chi connectivity index (χ2v) is 6.66. The summed E-state index contributed by atoms with van der Waals surface area (Å²) in [7, 11) is 1.61. The molecule has 1 N–H and O–H groups in total. The van der Waals surface area contributed by atoms with Crippen LogP contribution in [0.4, 0.5) is 5.69 Å². The van der Waals surface area contributed by atoms with Crippen molar-refractivity contribution >= 4 is 27.5 Å². The van der Waals surface area contributed by atoms with Crippen molar-refractivity contribution in [2.75, 3.05) is 12.4 Å². The summed E-state index contributed by atoms with van der Waals surface area (Å²) >= 11 is 3.43. The van der Waals surface area contributed by atoms with E-state index in [2.05, 4.69) is 21.2 Å². The van der Waals surface area contributed by atoms with Gasteiger partial charge in [-0.15, -0.1) is 0 Å². The number of rotatable bonds is 4. The van der Waals surface area contributed by atoms with Crippen LogP contribution in [0.2, 0.25) is 0 Å². The molecule has 1 saturated carbocycles. The van der Waals surface area contributed by atoms with Crippen molar-refractivity contribution in [3.63, 3.8) is 0 Å². The van der Waals surface area contributed by atoms with Crippen molar-refractivity contribution in [2.45, 2.75) is 25.2 Å². The molecule has 4 heteroatoms. The van der Waals surface area contributed by atoms with E-state index < -0.39 is 5.41 Å². The Bertz CT molecular complexity index is 706. The number of benzene rings is 2. The van der Waals surface area contributed by atoms with Crippen LogP contribution < -0.4 is 10.1 Å². The van der Waals surface area contributed by atoms with Gasteiger partial charge in [0.25, 0.3) is 0 Å². The lowest BCUT2D eigenvalue weighted by molar-refractivity contribution is -0.118. The Morgan fingerprint density at radius 3 is 2.45 bits per heavy atom. The number of nitrogens with one attached hydrogen (secondary N) is 1. The molecule has 0 aromatic heterocycles. The maximum absolute atomic E-state index is 12.8. The smallest absolute Gasteiger partial charge is 0.235 e. The summed E-state index contributed by atoms with van der Waals surface area (Å²) in [5.41, 5.74) is 2.50. The fourth-order valence-corrected chi connectivity index (χ4v) is 2.97. The van der Waals surface area contributed by atoms with Crippen LogP contribution in [0.3, 0.4) is 0 Å². The monoisotopic (exact) mass is 359 g/mol. The minimum atomic E-state index is -0.393. The highest BCUT2D eigenvalue weighted by Gasteiger charge is 2.51. The molecule has 1 amide bonds. The van der Waals surface area contributed by atoms with Crippen LogP contribution in [0.5, 0.6) is 5.75 Å². The molecule has 1 fully saturated rings. The average Bonchev–Trinajstić information content (AvgIpc) is 3.30. The van der Waals surface area contributed by atoms with Crippen LogP contribution in [-0.4, -0.2) is 13.0 Å². The van der Waals surface area contributed by atoms with Crippen molar-refractivity contribution in [1.82, 2.24) is 0 Å². The first kappa shape index (κ1) is 15.1. The van der Waals surface area contributed by atoms with Crippen molar-refractivity contribution < 1.29 is 9.53 Å². The summed E-state index contributed by atoms with van der Waals surface area (Å²) in [6.07, 6.45) is 1.77. The Morgan fingerprint density at radius 2 is 1.86 bits per heavy atom. The fraction of sp³-hybridized carbons (Fsp3) is 0.278. The van der Waals surface area contributed by atoms with E-state index in [1.54, 1.807) is 7.11 Å². The first-order chi connectivity index (χ1) is 10.5. The lowest BCUT2D eigenvalue weighted by Gasteiger charge is -2.17. The molecule has 0 radical (unpaired) electrons. The number of carbonyl (C=O) groups is 1. The summed E-state index contributed by atoms with van der Waals surface area (Å²) in [6, 6.07) is 13.8. The minimum absolute atomic E-state index is 0.0405. The van der Waals surface area contributed by atoms with Crippen LogP contribution >= 0.6 is 15.9 Å². The van der Waals surface area contributed by atoms with Crippen LogP contribution in [0.25, 0.3) is 0 Å². The maximum atomic E-state index is 12.8. The normalized spacial score (nSPS) is 15.2. The molecule has 0 atom stereocenters. The Labute approximate surface area is 138 Å². The van der Waals surface area contributed by atoms with Crippen molar-refractivity contribution in [3.8, 4) is 5.75 Å². The Kier molecular flexibility index (Phi) is 3.96. The molecule has 114 valence electrons. The molecule has 2 aromatic carbocycles. The lowest BCUT2D eigenvalue weighted by Crippen LogP contribution is -2.28. The van der Waals surface area contributed by atoms with Gasteiger partial charge in [-0.05, 0) is 55.2 Å². The van der Waals surface area contributed by atoms with E-state index in [9.17, 15) is 4.79 Å².